The maximum atomic E-state index is 14.7. The number of likely N-dealkylation sites (tertiary alicyclic amines) is 1. The molecule has 2 heterocycles. The van der Waals surface area contributed by atoms with Gasteiger partial charge in [-0.3, -0.25) is 53.4 Å². The van der Waals surface area contributed by atoms with Crippen LogP contribution in [0.5, 0.6) is 5.75 Å². The second-order valence-electron chi connectivity index (χ2n) is 20.6. The molecule has 0 saturated carbocycles. The lowest BCUT2D eigenvalue weighted by atomic mass is 9.99. The Morgan fingerprint density at radius 3 is 1.80 bits per heavy atom. The first-order chi connectivity index (χ1) is 39.1. The second kappa shape index (κ2) is 31.7. The van der Waals surface area contributed by atoms with Gasteiger partial charge in [0.15, 0.2) is 5.96 Å². The summed E-state index contributed by atoms with van der Waals surface area (Å²) in [4.78, 5) is 140. The van der Waals surface area contributed by atoms with E-state index >= 15 is 0 Å². The molecular weight excluding hydrogens is 1090 g/mol. The number of amides is 9. The predicted molar refractivity (Wildman–Crippen MR) is 297 cm³/mol. The van der Waals surface area contributed by atoms with E-state index in [0.717, 1.165) is 6.92 Å². The van der Waals surface area contributed by atoms with Gasteiger partial charge < -0.3 is 99.8 Å². The zero-order valence-electron chi connectivity index (χ0n) is 46.6. The van der Waals surface area contributed by atoms with Crippen molar-refractivity contribution in [3.63, 3.8) is 0 Å². The van der Waals surface area contributed by atoms with Gasteiger partial charge in [0, 0.05) is 43.0 Å². The van der Waals surface area contributed by atoms with Crippen molar-refractivity contribution in [2.75, 3.05) is 26.2 Å². The number of carbonyl (C=O) groups excluding carboxylic acids is 9. The number of aromatic amines is 1. The third-order valence-corrected chi connectivity index (χ3v) is 13.6. The molecule has 30 nitrogen and oxygen atoms in total. The lowest BCUT2D eigenvalue weighted by Gasteiger charge is -2.30. The van der Waals surface area contributed by atoms with Crippen LogP contribution in [-0.4, -0.2) is 205 Å². The average molecular weight is 1170 g/mol. The van der Waals surface area contributed by atoms with Crippen molar-refractivity contribution in [2.24, 2.45) is 17.4 Å². The van der Waals surface area contributed by atoms with Crippen LogP contribution in [0.2, 0.25) is 0 Å². The van der Waals surface area contributed by atoms with E-state index < -0.39 is 157 Å². The molecule has 1 aromatic heterocycles. The highest BCUT2D eigenvalue weighted by atomic mass is 16.4. The summed E-state index contributed by atoms with van der Waals surface area (Å²) in [5.74, 6) is -11.5. The Labute approximate surface area is 477 Å². The summed E-state index contributed by atoms with van der Waals surface area (Å²) in [5.41, 5.74) is 13.0. The number of carboxylic acids is 1. The van der Waals surface area contributed by atoms with Gasteiger partial charge in [-0.2, -0.15) is 0 Å². The summed E-state index contributed by atoms with van der Waals surface area (Å²) in [6, 6.07) is -1.34. The summed E-state index contributed by atoms with van der Waals surface area (Å²) in [5, 5.41) is 90.5. The van der Waals surface area contributed by atoms with Crippen LogP contribution < -0.4 is 59.3 Å². The quantitative estimate of drug-likeness (QED) is 0.0162. The van der Waals surface area contributed by atoms with Crippen LogP contribution in [0.4, 0.5) is 0 Å². The Bertz CT molecular complexity index is 2770. The number of guanidine groups is 1. The molecule has 1 saturated heterocycles. The Morgan fingerprint density at radius 2 is 1.22 bits per heavy atom. The fourth-order valence-corrected chi connectivity index (χ4v) is 8.94. The van der Waals surface area contributed by atoms with Crippen molar-refractivity contribution in [2.45, 2.75) is 146 Å². The number of aromatic nitrogens is 1. The van der Waals surface area contributed by atoms with Gasteiger partial charge >= 0.3 is 5.97 Å². The maximum Gasteiger partial charge on any atom is 0.322 e. The highest BCUT2D eigenvalue weighted by molar-refractivity contribution is 5.99. The number of carbonyl (C=O) groups is 10. The minimum atomic E-state index is -1.82. The largest absolute Gasteiger partial charge is 0.508 e. The van der Waals surface area contributed by atoms with Crippen molar-refractivity contribution >= 4 is 76.0 Å². The number of nitrogens with two attached hydrogens (primary N) is 2. The van der Waals surface area contributed by atoms with E-state index in [1.54, 1.807) is 44.3 Å². The second-order valence-corrected chi connectivity index (χ2v) is 20.6. The molecule has 30 heteroatoms. The summed E-state index contributed by atoms with van der Waals surface area (Å²) >= 11 is 0. The summed E-state index contributed by atoms with van der Waals surface area (Å²) in [7, 11) is 0. The monoisotopic (exact) mass is 1170 g/mol. The number of H-pyrrole nitrogens is 1. The van der Waals surface area contributed by atoms with Gasteiger partial charge in [0.05, 0.1) is 24.9 Å². The zero-order chi connectivity index (χ0) is 61.8. The number of nitrogens with zero attached hydrogens (tertiary/aromatic N) is 1. The lowest BCUT2D eigenvalue weighted by Crippen LogP contribution is -2.62. The molecule has 4 rings (SSSR count). The van der Waals surface area contributed by atoms with Crippen LogP contribution in [0.3, 0.4) is 0 Å². The molecule has 12 atom stereocenters. The maximum absolute atomic E-state index is 14.7. The molecule has 3 aromatic rings. The number of hydrogen-bond acceptors (Lipinski definition) is 17. The van der Waals surface area contributed by atoms with E-state index in [4.69, 9.17) is 22.0 Å². The van der Waals surface area contributed by atoms with Crippen molar-refractivity contribution in [1.29, 1.82) is 5.41 Å². The van der Waals surface area contributed by atoms with Gasteiger partial charge in [0.1, 0.15) is 66.7 Å². The first kappa shape index (κ1) is 67.1. The standard InChI is InChI=1S/C53H78N14O16/c1-25(2)41(50(81)61-35(20-29-14-16-31(72)17-15-29)45(76)63-37(24-68)47(78)65-42(27(4)70)49(80)59-23-39(73)74)64-44(75)34(12-8-18-57-53(55)56)60-46(77)36(21-30-22-58-33-11-7-6-10-32(30)33)62-51(82)43(28(5)71)66-48(79)38-13-9-19-67(38)52(83)40(54)26(3)69/h6-7,10-11,14-17,22,25-28,34-38,40-43,58,68-72H,8-9,12-13,18-21,23-24,54H2,1-5H3,(H,59,80)(H,60,77)(H,61,81)(H,62,82)(H,63,76)(H,64,75)(H,65,78)(H,66,79)(H,73,74)(H4,55,56,57)/t26-,27-,28-,34+,35+,36+,37+,38+,40+,41+,42+,43+/m1/s1. The predicted octanol–water partition coefficient (Wildman–Crippen LogP) is -5.37. The van der Waals surface area contributed by atoms with Crippen molar-refractivity contribution in [3.8, 4) is 5.75 Å². The average Bonchev–Trinajstić information content (AvgIpc) is 4.16. The summed E-state index contributed by atoms with van der Waals surface area (Å²) < 4.78 is 0. The first-order valence-electron chi connectivity index (χ1n) is 26.9. The smallest absolute Gasteiger partial charge is 0.322 e. The van der Waals surface area contributed by atoms with E-state index in [9.17, 15) is 73.5 Å². The highest BCUT2D eigenvalue weighted by Crippen LogP contribution is 2.22. The van der Waals surface area contributed by atoms with Crippen LogP contribution in [0.15, 0.2) is 54.7 Å². The van der Waals surface area contributed by atoms with E-state index in [0.29, 0.717) is 28.5 Å². The molecule has 0 unspecified atom stereocenters. The minimum Gasteiger partial charge on any atom is -0.508 e. The number of phenols is 1. The minimum absolute atomic E-state index is 0.0296. The highest BCUT2D eigenvalue weighted by Gasteiger charge is 2.41. The van der Waals surface area contributed by atoms with Crippen LogP contribution in [0.25, 0.3) is 10.9 Å². The lowest BCUT2D eigenvalue weighted by molar-refractivity contribution is -0.142. The molecule has 0 spiro atoms. The number of aliphatic hydroxyl groups excluding tert-OH is 4. The van der Waals surface area contributed by atoms with Crippen LogP contribution >= 0.6 is 0 Å². The fraction of sp³-hybridized carbons (Fsp3) is 0.528. The van der Waals surface area contributed by atoms with Crippen LogP contribution in [-0.2, 0) is 60.8 Å². The first-order valence-corrected chi connectivity index (χ1v) is 26.9. The van der Waals surface area contributed by atoms with Crippen LogP contribution in [0, 0.1) is 11.3 Å². The number of benzene rings is 2. The third kappa shape index (κ3) is 19.9. The van der Waals surface area contributed by atoms with Gasteiger partial charge in [-0.25, -0.2) is 0 Å². The molecule has 21 N–H and O–H groups in total. The van der Waals surface area contributed by atoms with E-state index in [1.807, 2.05) is 5.32 Å². The molecule has 83 heavy (non-hydrogen) atoms. The molecule has 1 aliphatic heterocycles. The van der Waals surface area contributed by atoms with Crippen LogP contribution in [0.1, 0.15) is 71.4 Å². The van der Waals surface area contributed by atoms with E-state index in [-0.39, 0.29) is 50.9 Å². The number of para-hydroxylation sites is 1. The third-order valence-electron chi connectivity index (χ3n) is 13.6. The van der Waals surface area contributed by atoms with E-state index in [1.165, 1.54) is 43.0 Å². The zero-order valence-corrected chi connectivity index (χ0v) is 46.6. The normalized spacial score (nSPS) is 17.1. The molecular formula is C53H78N14O16. The van der Waals surface area contributed by atoms with Crippen molar-refractivity contribution in [1.82, 2.24) is 57.7 Å². The topological polar surface area (TPSA) is 495 Å². The van der Waals surface area contributed by atoms with Gasteiger partial charge in [-0.1, -0.05) is 44.2 Å². The Balaban J connectivity index is 1.64. The molecule has 2 aromatic carbocycles. The molecule has 0 radical (unpaired) electrons. The number of phenolic OH excluding ortho intramolecular Hbond substituents is 1. The fourth-order valence-electron chi connectivity index (χ4n) is 8.94. The number of rotatable bonds is 31. The number of hydrogen-bond donors (Lipinski definition) is 19. The summed E-state index contributed by atoms with van der Waals surface area (Å²) in [6.45, 7) is 4.99. The molecule has 0 bridgehead atoms. The number of aliphatic carboxylic acids is 1. The van der Waals surface area contributed by atoms with Gasteiger partial charge in [-0.15, -0.1) is 0 Å². The molecule has 9 amide bonds. The van der Waals surface area contributed by atoms with Gasteiger partial charge in [0.2, 0.25) is 53.2 Å². The van der Waals surface area contributed by atoms with Gasteiger partial charge in [0.25, 0.3) is 0 Å². The number of nitrogens with one attached hydrogen (secondary N) is 11. The summed E-state index contributed by atoms with van der Waals surface area (Å²) in [6.07, 6.45) is -2.86. The molecule has 1 aliphatic rings. The van der Waals surface area contributed by atoms with Gasteiger partial charge in [-0.05, 0) is 81.7 Å². The SMILES string of the molecule is CC(C)[C@H](NC(=O)[C@H](CCCNC(=N)N)NC(=O)[C@H](Cc1c[nH]c2ccccc12)NC(=O)[C@@H](NC(=O)[C@@H]1CCCN1C(=O)[C@@H](N)[C@@H](C)O)[C@@H](C)O)C(=O)N[C@@H](Cc1ccc(O)cc1)C(=O)N[C@@H](CO)C(=O)N[C@H](C(=O)NCC(=O)O)[C@@H](C)O. The number of fused-ring (bicyclic) bond motifs is 1. The molecule has 1 fully saturated rings. The number of aliphatic hydroxyl groups is 4. The van der Waals surface area contributed by atoms with Crippen molar-refractivity contribution in [3.05, 3.63) is 65.9 Å². The Kier molecular flexibility index (Phi) is 25.6. The van der Waals surface area contributed by atoms with E-state index in [2.05, 4.69) is 47.5 Å². The van der Waals surface area contributed by atoms with Crippen molar-refractivity contribution < 1.29 is 78.6 Å². The molecule has 0 aliphatic carbocycles. The molecule has 456 valence electrons. The Hall–Kier alpha value is -8.45. The Morgan fingerprint density at radius 1 is 0.675 bits per heavy atom. The number of aromatic hydroxyl groups is 1. The number of carboxylic acid groups (broad SMARTS) is 1.